The Kier molecular flexibility index (Phi) is 6.83. The third-order valence-corrected chi connectivity index (χ3v) is 1.94. The number of hydrogen-bond donors (Lipinski definition) is 0. The van der Waals surface area contributed by atoms with E-state index in [1.807, 2.05) is 20.8 Å². The minimum absolute atomic E-state index is 0.526. The molecule has 3 heteroatoms. The molecule has 0 radical (unpaired) electrons. The van der Waals surface area contributed by atoms with Crippen LogP contribution in [0.4, 0.5) is 0 Å². The Morgan fingerprint density at radius 3 is 2.23 bits per heavy atom. The first-order valence-electron chi connectivity index (χ1n) is 4.32. The molecule has 13 heavy (non-hydrogen) atoms. The van der Waals surface area contributed by atoms with Gasteiger partial charge in [0.25, 0.3) is 0 Å². The van der Waals surface area contributed by atoms with E-state index >= 15 is 0 Å². The molecule has 1 rings (SSSR count). The van der Waals surface area contributed by atoms with Crippen molar-refractivity contribution in [1.29, 1.82) is 0 Å². The topological polar surface area (TPSA) is 9.23 Å². The lowest BCUT2D eigenvalue weighted by molar-refractivity contribution is 0.340. The summed E-state index contributed by atoms with van der Waals surface area (Å²) in [5.41, 5.74) is 0. The normalized spacial score (nSPS) is 8.69. The van der Waals surface area contributed by atoms with E-state index in [0.29, 0.717) is 16.7 Å². The van der Waals surface area contributed by atoms with Crippen molar-refractivity contribution in [3.63, 3.8) is 0 Å². The first-order chi connectivity index (χ1) is 6.24. The second-order valence-corrected chi connectivity index (χ2v) is 2.82. The molecule has 0 saturated heterocycles. The fourth-order valence-electron chi connectivity index (χ4n) is 0.733. The van der Waals surface area contributed by atoms with Crippen LogP contribution in [0.5, 0.6) is 5.75 Å². The SMILES string of the molecule is CC.CCOc1ccc(Cl)c(Cl)c1. The van der Waals surface area contributed by atoms with Crippen molar-refractivity contribution >= 4 is 23.2 Å². The van der Waals surface area contributed by atoms with Gasteiger partial charge in [0, 0.05) is 6.07 Å². The van der Waals surface area contributed by atoms with Gasteiger partial charge in [-0.15, -0.1) is 0 Å². The van der Waals surface area contributed by atoms with Crippen LogP contribution in [0.1, 0.15) is 20.8 Å². The van der Waals surface area contributed by atoms with Gasteiger partial charge in [0.1, 0.15) is 5.75 Å². The minimum Gasteiger partial charge on any atom is -0.494 e. The number of rotatable bonds is 2. The number of halogens is 2. The van der Waals surface area contributed by atoms with Crippen molar-refractivity contribution in [3.05, 3.63) is 28.2 Å². The first kappa shape index (κ1) is 12.6. The van der Waals surface area contributed by atoms with Crippen LogP contribution in [0.25, 0.3) is 0 Å². The van der Waals surface area contributed by atoms with Gasteiger partial charge in [0.2, 0.25) is 0 Å². The van der Waals surface area contributed by atoms with Gasteiger partial charge in [-0.05, 0) is 19.1 Å². The van der Waals surface area contributed by atoms with Crippen LogP contribution in [0.15, 0.2) is 18.2 Å². The Labute approximate surface area is 89.6 Å². The molecule has 0 saturated carbocycles. The van der Waals surface area contributed by atoms with E-state index in [2.05, 4.69) is 0 Å². The monoisotopic (exact) mass is 220 g/mol. The smallest absolute Gasteiger partial charge is 0.120 e. The predicted octanol–water partition coefficient (Wildman–Crippen LogP) is 4.42. The highest BCUT2D eigenvalue weighted by molar-refractivity contribution is 6.42. The van der Waals surface area contributed by atoms with Gasteiger partial charge in [-0.1, -0.05) is 37.0 Å². The summed E-state index contributed by atoms with van der Waals surface area (Å²) in [6.45, 7) is 6.56. The van der Waals surface area contributed by atoms with Crippen molar-refractivity contribution < 1.29 is 4.74 Å². The molecule has 0 aliphatic heterocycles. The molecule has 0 aromatic heterocycles. The maximum Gasteiger partial charge on any atom is 0.120 e. The van der Waals surface area contributed by atoms with Gasteiger partial charge >= 0.3 is 0 Å². The highest BCUT2D eigenvalue weighted by Gasteiger charge is 1.98. The molecule has 0 amide bonds. The van der Waals surface area contributed by atoms with Crippen LogP contribution in [0.3, 0.4) is 0 Å². The van der Waals surface area contributed by atoms with Crippen LogP contribution in [-0.4, -0.2) is 6.61 Å². The zero-order valence-electron chi connectivity index (χ0n) is 8.10. The maximum atomic E-state index is 5.74. The lowest BCUT2D eigenvalue weighted by atomic mass is 10.3. The van der Waals surface area contributed by atoms with Gasteiger partial charge in [0.15, 0.2) is 0 Å². The third-order valence-electron chi connectivity index (χ3n) is 1.20. The number of benzene rings is 1. The summed E-state index contributed by atoms with van der Waals surface area (Å²) in [4.78, 5) is 0. The molecule has 0 spiro atoms. The van der Waals surface area contributed by atoms with E-state index in [1.165, 1.54) is 0 Å². The first-order valence-corrected chi connectivity index (χ1v) is 5.07. The molecule has 1 aromatic rings. The molecule has 0 atom stereocenters. The number of ether oxygens (including phenoxy) is 1. The lowest BCUT2D eigenvalue weighted by Gasteiger charge is -2.02. The lowest BCUT2D eigenvalue weighted by Crippen LogP contribution is -1.90. The van der Waals surface area contributed by atoms with Crippen LogP contribution < -0.4 is 4.74 Å². The summed E-state index contributed by atoms with van der Waals surface area (Å²) in [5.74, 6) is 0.752. The molecule has 0 unspecified atom stereocenters. The molecule has 0 fully saturated rings. The fraction of sp³-hybridized carbons (Fsp3) is 0.400. The third kappa shape index (κ3) is 4.39. The zero-order valence-corrected chi connectivity index (χ0v) is 9.62. The van der Waals surface area contributed by atoms with E-state index in [1.54, 1.807) is 18.2 Å². The van der Waals surface area contributed by atoms with Gasteiger partial charge < -0.3 is 4.74 Å². The summed E-state index contributed by atoms with van der Waals surface area (Å²) in [5, 5.41) is 1.08. The van der Waals surface area contributed by atoms with Crippen molar-refractivity contribution in [1.82, 2.24) is 0 Å². The van der Waals surface area contributed by atoms with Crippen LogP contribution >= 0.6 is 23.2 Å². The van der Waals surface area contributed by atoms with Crippen molar-refractivity contribution in [2.45, 2.75) is 20.8 Å². The van der Waals surface area contributed by atoms with Gasteiger partial charge in [-0.3, -0.25) is 0 Å². The van der Waals surface area contributed by atoms with Gasteiger partial charge in [-0.2, -0.15) is 0 Å². The Bertz CT molecular complexity index is 249. The minimum atomic E-state index is 0.526. The van der Waals surface area contributed by atoms with Gasteiger partial charge in [0.05, 0.1) is 16.7 Å². The number of hydrogen-bond acceptors (Lipinski definition) is 1. The second kappa shape index (κ2) is 7.05. The maximum absolute atomic E-state index is 5.74. The standard InChI is InChI=1S/C8H8Cl2O.C2H6/c1-2-11-6-3-4-7(9)8(10)5-6;1-2/h3-5H,2H2,1H3;1-2H3. The largest absolute Gasteiger partial charge is 0.494 e. The highest BCUT2D eigenvalue weighted by atomic mass is 35.5. The van der Waals surface area contributed by atoms with E-state index in [-0.39, 0.29) is 0 Å². The molecule has 1 nitrogen and oxygen atoms in total. The molecule has 0 heterocycles. The molecule has 74 valence electrons. The Hall–Kier alpha value is -0.400. The molecule has 0 aliphatic carbocycles. The molecular formula is C10H14Cl2O. The Balaban J connectivity index is 0.000000671. The summed E-state index contributed by atoms with van der Waals surface area (Å²) < 4.78 is 5.20. The summed E-state index contributed by atoms with van der Waals surface area (Å²) >= 11 is 11.4. The average molecular weight is 221 g/mol. The van der Waals surface area contributed by atoms with Crippen molar-refractivity contribution in [2.75, 3.05) is 6.61 Å². The van der Waals surface area contributed by atoms with E-state index in [9.17, 15) is 0 Å². The van der Waals surface area contributed by atoms with E-state index < -0.39 is 0 Å². The van der Waals surface area contributed by atoms with Crippen LogP contribution in [0.2, 0.25) is 10.0 Å². The Morgan fingerprint density at radius 2 is 1.77 bits per heavy atom. The van der Waals surface area contributed by atoms with Crippen molar-refractivity contribution in [2.24, 2.45) is 0 Å². The molecule has 1 aromatic carbocycles. The Morgan fingerprint density at radius 1 is 1.15 bits per heavy atom. The van der Waals surface area contributed by atoms with Crippen LogP contribution in [-0.2, 0) is 0 Å². The molecule has 0 bridgehead atoms. The predicted molar refractivity (Wildman–Crippen MR) is 59.0 cm³/mol. The van der Waals surface area contributed by atoms with E-state index in [4.69, 9.17) is 27.9 Å². The van der Waals surface area contributed by atoms with Crippen molar-refractivity contribution in [3.8, 4) is 5.75 Å². The molecule has 0 N–H and O–H groups in total. The second-order valence-electron chi connectivity index (χ2n) is 2.01. The average Bonchev–Trinajstić information content (AvgIpc) is 2.15. The molecular weight excluding hydrogens is 207 g/mol. The quantitative estimate of drug-likeness (QED) is 0.718. The summed E-state index contributed by atoms with van der Waals surface area (Å²) in [6, 6.07) is 5.21. The zero-order chi connectivity index (χ0) is 10.3. The highest BCUT2D eigenvalue weighted by Crippen LogP contribution is 2.26. The summed E-state index contributed by atoms with van der Waals surface area (Å²) in [6.07, 6.45) is 0. The van der Waals surface area contributed by atoms with Gasteiger partial charge in [-0.25, -0.2) is 0 Å². The van der Waals surface area contributed by atoms with E-state index in [0.717, 1.165) is 5.75 Å². The fourth-order valence-corrected chi connectivity index (χ4v) is 1.02. The van der Waals surface area contributed by atoms with Crippen LogP contribution in [0, 0.1) is 0 Å². The summed E-state index contributed by atoms with van der Waals surface area (Å²) in [7, 11) is 0. The molecule has 0 aliphatic rings.